The van der Waals surface area contributed by atoms with Gasteiger partial charge in [0.05, 0.1) is 36.9 Å². The second-order valence-electron chi connectivity index (χ2n) is 17.6. The first-order valence-corrected chi connectivity index (χ1v) is 21.7. The van der Waals surface area contributed by atoms with E-state index in [1.165, 1.54) is 0 Å². The van der Waals surface area contributed by atoms with Gasteiger partial charge in [-0.15, -0.1) is 0 Å². The molecule has 0 N–H and O–H groups in total. The summed E-state index contributed by atoms with van der Waals surface area (Å²) < 4.78 is 55.6. The van der Waals surface area contributed by atoms with Crippen LogP contribution in [-0.2, 0) is 52.2 Å². The Kier molecular flexibility index (Phi) is 15.7. The summed E-state index contributed by atoms with van der Waals surface area (Å²) in [7, 11) is 9.14. The number of likely N-dealkylation sites (N-methyl/N-ethyl adjacent to an activating group) is 1. The van der Waals surface area contributed by atoms with Crippen molar-refractivity contribution in [3.8, 4) is 0 Å². The van der Waals surface area contributed by atoms with Gasteiger partial charge >= 0.3 is 5.97 Å². The van der Waals surface area contributed by atoms with E-state index in [-0.39, 0.29) is 96.8 Å². The lowest BCUT2D eigenvalue weighted by molar-refractivity contribution is -0.314. The van der Waals surface area contributed by atoms with Crippen molar-refractivity contribution in [2.45, 2.75) is 160 Å². The van der Waals surface area contributed by atoms with Gasteiger partial charge in [0.25, 0.3) is 0 Å². The number of allylic oxidation sites excluding steroid dienone is 4. The van der Waals surface area contributed by atoms with Crippen LogP contribution >= 0.6 is 0 Å². The van der Waals surface area contributed by atoms with Crippen LogP contribution in [0.1, 0.15) is 86.0 Å². The van der Waals surface area contributed by atoms with Gasteiger partial charge in [0.1, 0.15) is 24.4 Å². The molecule has 322 valence electrons. The molecule has 6 rings (SSSR count). The summed E-state index contributed by atoms with van der Waals surface area (Å²) in [5, 5.41) is 0. The standard InChI is InChI=1S/C45H71NO11/c1-11-52-25(2)15-17-30-13-12-14-38(57-40-20-19-37(46(6)7)27(4)53-40)26(3)41(48)36-23-34-32(35(36)24-39(47)55-30)18-16-29-21-31(22-33(29)34)56-45-44(51-10)43(50-9)42(49-8)28(5)54-45/h15-18,23,25-35,37-38,40,42-45H,11-14,19-22,24H2,1-10H3/b17-15+/t25?,26-,27-,28+,29?,30-,31-,32?,33?,34?,35?,37+,38+,40?,42+,43-,44-,45+/m1/s1. The first kappa shape index (κ1) is 44.5. The van der Waals surface area contributed by atoms with Crippen molar-refractivity contribution in [2.24, 2.45) is 35.5 Å². The number of rotatable bonds is 12. The van der Waals surface area contributed by atoms with Crippen molar-refractivity contribution < 1.29 is 52.2 Å². The number of carbonyl (C=O) groups is 2. The highest BCUT2D eigenvalue weighted by Crippen LogP contribution is 2.54. The molecule has 3 aliphatic carbocycles. The number of hydrogen-bond acceptors (Lipinski definition) is 12. The topological polar surface area (TPSA) is 120 Å². The average Bonchev–Trinajstić information content (AvgIpc) is 3.76. The van der Waals surface area contributed by atoms with Crippen molar-refractivity contribution in [2.75, 3.05) is 42.0 Å². The molecule has 7 unspecified atom stereocenters. The van der Waals surface area contributed by atoms with E-state index in [4.69, 9.17) is 42.6 Å². The fourth-order valence-electron chi connectivity index (χ4n) is 10.8. The molecule has 0 aromatic carbocycles. The molecule has 0 radical (unpaired) electrons. The summed E-state index contributed by atoms with van der Waals surface area (Å²) >= 11 is 0. The van der Waals surface area contributed by atoms with Crippen molar-refractivity contribution in [3.63, 3.8) is 0 Å². The molecule has 0 aromatic rings. The van der Waals surface area contributed by atoms with Gasteiger partial charge in [0.15, 0.2) is 18.4 Å². The zero-order valence-corrected chi connectivity index (χ0v) is 36.1. The molecule has 0 bridgehead atoms. The lowest BCUT2D eigenvalue weighted by Gasteiger charge is -2.44. The minimum atomic E-state index is -0.610. The number of fused-ring (bicyclic) bond motifs is 5. The van der Waals surface area contributed by atoms with Gasteiger partial charge in [-0.05, 0) is 122 Å². The average molecular weight is 802 g/mol. The molecule has 18 atom stereocenters. The number of hydrogen-bond donors (Lipinski definition) is 0. The Bertz CT molecular complexity index is 1430. The molecule has 3 saturated heterocycles. The third-order valence-corrected chi connectivity index (χ3v) is 13.8. The number of cyclic esters (lactones) is 1. The molecular weight excluding hydrogens is 730 g/mol. The van der Waals surface area contributed by atoms with Crippen LogP contribution in [0.3, 0.4) is 0 Å². The van der Waals surface area contributed by atoms with Crippen LogP contribution in [0, 0.1) is 35.5 Å². The summed E-state index contributed by atoms with van der Waals surface area (Å²) in [6.07, 6.45) is 13.0. The molecule has 0 spiro atoms. The summed E-state index contributed by atoms with van der Waals surface area (Å²) in [5.74, 6) is -0.308. The van der Waals surface area contributed by atoms with Crippen LogP contribution in [0.5, 0.6) is 0 Å². The maximum Gasteiger partial charge on any atom is 0.307 e. The SMILES string of the molecule is CCOC(C)/C=C/[C@H]1CCC[C@H](OC2CC[C@H](N(C)C)[C@@H](C)O2)[C@@H](C)C(=O)C2=CC3C(C=CC4C[C@@H](O[C@@H]5O[C@@H](C)[C@H](OC)[C@@H](OC)[C@H]5OC)CC43)C2CC(=O)O1. The fraction of sp³-hybridized carbons (Fsp3) is 0.822. The van der Waals surface area contributed by atoms with Crippen molar-refractivity contribution in [1.29, 1.82) is 0 Å². The maximum atomic E-state index is 14.8. The summed E-state index contributed by atoms with van der Waals surface area (Å²) in [4.78, 5) is 30.9. The number of carbonyl (C=O) groups excluding carboxylic acids is 2. The summed E-state index contributed by atoms with van der Waals surface area (Å²) in [6, 6.07) is 0.317. The van der Waals surface area contributed by atoms with E-state index in [9.17, 15) is 9.59 Å². The van der Waals surface area contributed by atoms with E-state index in [2.05, 4.69) is 44.1 Å². The Labute approximate surface area is 341 Å². The van der Waals surface area contributed by atoms with Crippen molar-refractivity contribution in [1.82, 2.24) is 4.90 Å². The van der Waals surface area contributed by atoms with Gasteiger partial charge < -0.3 is 47.5 Å². The second kappa shape index (κ2) is 20.0. The van der Waals surface area contributed by atoms with Crippen LogP contribution in [0.25, 0.3) is 0 Å². The Morgan fingerprint density at radius 2 is 1.63 bits per heavy atom. The number of esters is 1. The number of ether oxygens (including phenoxy) is 9. The number of ketones is 1. The number of methoxy groups -OCH3 is 3. The second-order valence-corrected chi connectivity index (χ2v) is 17.6. The molecule has 6 aliphatic rings. The van der Waals surface area contributed by atoms with Crippen LogP contribution in [0.15, 0.2) is 36.0 Å². The predicted molar refractivity (Wildman–Crippen MR) is 214 cm³/mol. The molecule has 0 amide bonds. The van der Waals surface area contributed by atoms with E-state index in [0.29, 0.717) is 25.5 Å². The van der Waals surface area contributed by atoms with Gasteiger partial charge in [-0.3, -0.25) is 9.59 Å². The quantitative estimate of drug-likeness (QED) is 0.169. The molecule has 4 fully saturated rings. The lowest BCUT2D eigenvalue weighted by atomic mass is 9.70. The van der Waals surface area contributed by atoms with E-state index < -0.39 is 24.4 Å². The maximum absolute atomic E-state index is 14.8. The molecule has 0 aromatic heterocycles. The third-order valence-electron chi connectivity index (χ3n) is 13.8. The lowest BCUT2D eigenvalue weighted by Crippen LogP contribution is -2.59. The highest BCUT2D eigenvalue weighted by atomic mass is 16.7. The van der Waals surface area contributed by atoms with Gasteiger partial charge in [-0.1, -0.05) is 31.2 Å². The third kappa shape index (κ3) is 10.1. The largest absolute Gasteiger partial charge is 0.458 e. The van der Waals surface area contributed by atoms with E-state index in [0.717, 1.165) is 37.7 Å². The normalized spacial score (nSPS) is 43.5. The molecule has 12 heteroatoms. The smallest absolute Gasteiger partial charge is 0.307 e. The van der Waals surface area contributed by atoms with Crippen LogP contribution < -0.4 is 0 Å². The zero-order chi connectivity index (χ0) is 41.0. The molecule has 1 saturated carbocycles. The van der Waals surface area contributed by atoms with E-state index in [1.54, 1.807) is 21.3 Å². The molecule has 3 heterocycles. The van der Waals surface area contributed by atoms with Gasteiger partial charge in [0, 0.05) is 45.8 Å². The highest BCUT2D eigenvalue weighted by molar-refractivity contribution is 5.99. The monoisotopic (exact) mass is 802 g/mol. The van der Waals surface area contributed by atoms with Gasteiger partial charge in [0.2, 0.25) is 0 Å². The van der Waals surface area contributed by atoms with Gasteiger partial charge in [-0.25, -0.2) is 0 Å². The molecular formula is C45H71NO11. The Morgan fingerprint density at radius 3 is 2.32 bits per heavy atom. The van der Waals surface area contributed by atoms with E-state index in [1.807, 2.05) is 39.8 Å². The number of Topliss-reactive ketones (excluding diaryl/α,β-unsaturated/α-hetero) is 1. The van der Waals surface area contributed by atoms with Crippen LogP contribution in [0.2, 0.25) is 0 Å². The summed E-state index contributed by atoms with van der Waals surface area (Å²) in [6.45, 7) is 10.6. The van der Waals surface area contributed by atoms with Crippen LogP contribution in [0.4, 0.5) is 0 Å². The van der Waals surface area contributed by atoms with Crippen molar-refractivity contribution >= 4 is 11.8 Å². The van der Waals surface area contributed by atoms with Crippen molar-refractivity contribution in [3.05, 3.63) is 36.0 Å². The molecule has 3 aliphatic heterocycles. The first-order chi connectivity index (χ1) is 27.4. The minimum Gasteiger partial charge on any atom is -0.458 e. The Hall–Kier alpha value is -2.00. The first-order valence-electron chi connectivity index (χ1n) is 21.7. The Balaban J connectivity index is 1.23. The molecule has 12 nitrogen and oxygen atoms in total. The van der Waals surface area contributed by atoms with Crippen LogP contribution in [-0.4, -0.2) is 132 Å². The van der Waals surface area contributed by atoms with E-state index >= 15 is 0 Å². The fourth-order valence-corrected chi connectivity index (χ4v) is 10.8. The number of nitrogens with zero attached hydrogens (tertiary/aromatic N) is 1. The minimum absolute atomic E-state index is 0.00137. The summed E-state index contributed by atoms with van der Waals surface area (Å²) in [5.41, 5.74) is 0.735. The zero-order valence-electron chi connectivity index (χ0n) is 36.1. The molecule has 57 heavy (non-hydrogen) atoms. The Morgan fingerprint density at radius 1 is 0.877 bits per heavy atom. The van der Waals surface area contributed by atoms with Gasteiger partial charge in [-0.2, -0.15) is 0 Å². The highest BCUT2D eigenvalue weighted by Gasteiger charge is 2.52. The predicted octanol–water partition coefficient (Wildman–Crippen LogP) is 6.06.